The molecule has 7 heteroatoms. The van der Waals surface area contributed by atoms with E-state index >= 15 is 4.39 Å². The van der Waals surface area contributed by atoms with Crippen LogP contribution in [-0.4, -0.2) is 61.3 Å². The van der Waals surface area contributed by atoms with E-state index in [9.17, 15) is 10.1 Å². The molecule has 0 spiro atoms. The van der Waals surface area contributed by atoms with Gasteiger partial charge in [0, 0.05) is 31.6 Å². The van der Waals surface area contributed by atoms with Crippen LogP contribution >= 0.6 is 0 Å². The van der Waals surface area contributed by atoms with Gasteiger partial charge in [0.05, 0.1) is 25.3 Å². The van der Waals surface area contributed by atoms with Gasteiger partial charge in [-0.05, 0) is 61.1 Å². The number of benzene rings is 1. The number of ether oxygens (including phenoxy) is 1. The van der Waals surface area contributed by atoms with E-state index in [2.05, 4.69) is 21.6 Å². The molecule has 1 aromatic carbocycles. The summed E-state index contributed by atoms with van der Waals surface area (Å²) in [5.74, 6) is 0.0557. The lowest BCUT2D eigenvalue weighted by molar-refractivity contribution is -0.124. The third-order valence-electron chi connectivity index (χ3n) is 7.70. The first-order chi connectivity index (χ1) is 15.1. The van der Waals surface area contributed by atoms with E-state index in [0.29, 0.717) is 23.6 Å². The number of amides is 1. The maximum atomic E-state index is 15.3. The highest BCUT2D eigenvalue weighted by molar-refractivity contribution is 5.83. The molecule has 2 bridgehead atoms. The van der Waals surface area contributed by atoms with E-state index in [4.69, 9.17) is 4.74 Å². The summed E-state index contributed by atoms with van der Waals surface area (Å²) < 4.78 is 20.8. The number of rotatable bonds is 5. The van der Waals surface area contributed by atoms with E-state index in [1.54, 1.807) is 0 Å². The van der Waals surface area contributed by atoms with Gasteiger partial charge in [0.2, 0.25) is 5.91 Å². The van der Waals surface area contributed by atoms with E-state index in [-0.39, 0.29) is 24.2 Å². The molecule has 2 aliphatic carbocycles. The molecule has 2 N–H and O–H groups in total. The molecule has 1 amide bonds. The van der Waals surface area contributed by atoms with Crippen LogP contribution in [0, 0.1) is 23.1 Å². The number of piperidine rings is 1. The Bertz CT molecular complexity index is 879. The second-order valence-electron chi connectivity index (χ2n) is 9.53. The SMILES string of the molecule is N#CC(Cc1ccc2c(c1F)CCC(N1CCOCC1)C2)NC(=O)C1NC2CCC1C2. The van der Waals surface area contributed by atoms with Gasteiger partial charge in [0.25, 0.3) is 0 Å². The maximum Gasteiger partial charge on any atom is 0.238 e. The Morgan fingerprint density at radius 1 is 1.32 bits per heavy atom. The number of hydrogen-bond donors (Lipinski definition) is 2. The fourth-order valence-corrected chi connectivity index (χ4v) is 6.01. The van der Waals surface area contributed by atoms with Gasteiger partial charge in [-0.3, -0.25) is 9.69 Å². The fourth-order valence-electron chi connectivity index (χ4n) is 6.01. The van der Waals surface area contributed by atoms with Crippen LogP contribution in [0.2, 0.25) is 0 Å². The predicted molar refractivity (Wildman–Crippen MR) is 114 cm³/mol. The molecule has 31 heavy (non-hydrogen) atoms. The smallest absolute Gasteiger partial charge is 0.238 e. The van der Waals surface area contributed by atoms with Gasteiger partial charge < -0.3 is 15.4 Å². The number of nitrogens with one attached hydrogen (secondary N) is 2. The minimum atomic E-state index is -0.717. The zero-order valence-electron chi connectivity index (χ0n) is 17.9. The molecular weight excluding hydrogens is 395 g/mol. The molecule has 0 aromatic heterocycles. The number of fused-ring (bicyclic) bond motifs is 3. The number of hydrogen-bond acceptors (Lipinski definition) is 5. The Morgan fingerprint density at radius 3 is 2.87 bits per heavy atom. The summed E-state index contributed by atoms with van der Waals surface area (Å²) in [6, 6.07) is 5.94. The third-order valence-corrected chi connectivity index (χ3v) is 7.70. The number of nitrogens with zero attached hydrogens (tertiary/aromatic N) is 2. The van der Waals surface area contributed by atoms with Crippen LogP contribution in [0.25, 0.3) is 0 Å². The first-order valence-corrected chi connectivity index (χ1v) is 11.7. The quantitative estimate of drug-likeness (QED) is 0.750. The summed E-state index contributed by atoms with van der Waals surface area (Å²) in [5, 5.41) is 15.8. The number of morpholine rings is 1. The Morgan fingerprint density at radius 2 is 2.16 bits per heavy atom. The van der Waals surface area contributed by atoms with Gasteiger partial charge in [0.1, 0.15) is 11.9 Å². The lowest BCUT2D eigenvalue weighted by atomic mass is 9.85. The summed E-state index contributed by atoms with van der Waals surface area (Å²) >= 11 is 0. The molecule has 1 aromatic rings. The van der Waals surface area contributed by atoms with Crippen molar-refractivity contribution in [1.82, 2.24) is 15.5 Å². The standard InChI is InChI=1S/C24H31FN4O2/c25-22-16(11-19(14-26)28-24(30)23-17-3-4-18(12-17)27-23)2-1-15-13-20(5-6-21(15)22)29-7-9-31-10-8-29/h1-2,17-20,23,27H,3-13H2,(H,28,30). The molecule has 166 valence electrons. The van der Waals surface area contributed by atoms with Gasteiger partial charge in [-0.25, -0.2) is 4.39 Å². The largest absolute Gasteiger partial charge is 0.379 e. The molecule has 5 rings (SSSR count). The van der Waals surface area contributed by atoms with Crippen LogP contribution in [0.15, 0.2) is 12.1 Å². The van der Waals surface area contributed by atoms with Gasteiger partial charge in [-0.2, -0.15) is 5.26 Å². The molecule has 2 saturated heterocycles. The van der Waals surface area contributed by atoms with Crippen molar-refractivity contribution in [2.75, 3.05) is 26.3 Å². The third kappa shape index (κ3) is 4.21. The van der Waals surface area contributed by atoms with Crippen molar-refractivity contribution < 1.29 is 13.9 Å². The molecule has 2 heterocycles. The Balaban J connectivity index is 1.23. The predicted octanol–water partition coefficient (Wildman–Crippen LogP) is 1.71. The lowest BCUT2D eigenvalue weighted by Crippen LogP contribution is -2.50. The van der Waals surface area contributed by atoms with Crippen molar-refractivity contribution in [2.45, 2.75) is 69.1 Å². The first kappa shape index (κ1) is 20.9. The summed E-state index contributed by atoms with van der Waals surface area (Å²) in [6.07, 6.45) is 5.97. The molecule has 5 atom stereocenters. The van der Waals surface area contributed by atoms with Gasteiger partial charge >= 0.3 is 0 Å². The highest BCUT2D eigenvalue weighted by atomic mass is 19.1. The topological polar surface area (TPSA) is 77.4 Å². The van der Waals surface area contributed by atoms with Crippen LogP contribution in [0.4, 0.5) is 4.39 Å². The molecule has 4 aliphatic rings. The second kappa shape index (κ2) is 8.85. The summed E-state index contributed by atoms with van der Waals surface area (Å²) in [7, 11) is 0. The molecule has 5 unspecified atom stereocenters. The van der Waals surface area contributed by atoms with Crippen LogP contribution < -0.4 is 10.6 Å². The van der Waals surface area contributed by atoms with Crippen molar-refractivity contribution in [3.63, 3.8) is 0 Å². The molecule has 3 fully saturated rings. The summed E-state index contributed by atoms with van der Waals surface area (Å²) in [5.41, 5.74) is 2.39. The van der Waals surface area contributed by atoms with Crippen molar-refractivity contribution in [1.29, 1.82) is 5.26 Å². The average Bonchev–Trinajstić information content (AvgIpc) is 3.44. The van der Waals surface area contributed by atoms with Crippen LogP contribution in [-0.2, 0) is 28.8 Å². The Hall–Kier alpha value is -2.01. The Kier molecular flexibility index (Phi) is 5.96. The van der Waals surface area contributed by atoms with Gasteiger partial charge in [-0.15, -0.1) is 0 Å². The van der Waals surface area contributed by atoms with E-state index in [1.165, 1.54) is 0 Å². The van der Waals surface area contributed by atoms with Crippen molar-refractivity contribution in [2.24, 2.45) is 5.92 Å². The maximum absolute atomic E-state index is 15.3. The summed E-state index contributed by atoms with van der Waals surface area (Å²) in [4.78, 5) is 15.1. The number of carbonyl (C=O) groups excluding carboxylic acids is 1. The van der Waals surface area contributed by atoms with E-state index in [1.807, 2.05) is 12.1 Å². The number of carbonyl (C=O) groups is 1. The number of halogens is 1. The van der Waals surface area contributed by atoms with Crippen molar-refractivity contribution >= 4 is 5.91 Å². The molecular formula is C24H31FN4O2. The zero-order chi connectivity index (χ0) is 21.4. The zero-order valence-corrected chi connectivity index (χ0v) is 17.9. The second-order valence-corrected chi connectivity index (χ2v) is 9.53. The van der Waals surface area contributed by atoms with E-state index in [0.717, 1.165) is 76.0 Å². The minimum Gasteiger partial charge on any atom is -0.379 e. The highest BCUT2D eigenvalue weighted by Gasteiger charge is 2.43. The van der Waals surface area contributed by atoms with E-state index < -0.39 is 6.04 Å². The van der Waals surface area contributed by atoms with Crippen LogP contribution in [0.5, 0.6) is 0 Å². The monoisotopic (exact) mass is 426 g/mol. The lowest BCUT2D eigenvalue weighted by Gasteiger charge is -2.37. The molecule has 6 nitrogen and oxygen atoms in total. The molecule has 0 radical (unpaired) electrons. The van der Waals surface area contributed by atoms with Crippen LogP contribution in [0.3, 0.4) is 0 Å². The van der Waals surface area contributed by atoms with Gasteiger partial charge in [0.15, 0.2) is 0 Å². The highest BCUT2D eigenvalue weighted by Crippen LogP contribution is 2.35. The van der Waals surface area contributed by atoms with Crippen LogP contribution in [0.1, 0.15) is 42.4 Å². The normalized spacial score (nSPS) is 31.1. The minimum absolute atomic E-state index is 0.120. The molecule has 2 aliphatic heterocycles. The molecule has 1 saturated carbocycles. The summed E-state index contributed by atoms with van der Waals surface area (Å²) in [6.45, 7) is 3.44. The van der Waals surface area contributed by atoms with Gasteiger partial charge in [-0.1, -0.05) is 12.1 Å². The average molecular weight is 427 g/mol. The number of nitriles is 1. The van der Waals surface area contributed by atoms with Crippen molar-refractivity contribution in [3.05, 3.63) is 34.6 Å². The first-order valence-electron chi connectivity index (χ1n) is 11.7. The fraction of sp³-hybridized carbons (Fsp3) is 0.667. The Labute approximate surface area is 183 Å². The van der Waals surface area contributed by atoms with Crippen molar-refractivity contribution in [3.8, 4) is 6.07 Å².